The van der Waals surface area contributed by atoms with Crippen LogP contribution in [-0.4, -0.2) is 24.4 Å². The number of fused-ring (bicyclic) bond motifs is 3. The zero-order chi connectivity index (χ0) is 8.89. The van der Waals surface area contributed by atoms with Gasteiger partial charge in [-0.2, -0.15) is 0 Å². The molecule has 0 aromatic carbocycles. The van der Waals surface area contributed by atoms with Gasteiger partial charge in [0.05, 0.1) is 18.6 Å². The number of ether oxygens (including phenoxy) is 2. The molecule has 13 heavy (non-hydrogen) atoms. The Hall–Kier alpha value is 0.210. The maximum absolute atomic E-state index is 5.94. The second-order valence-corrected chi connectivity index (χ2v) is 4.91. The molecule has 2 bridgehead atoms. The molecule has 2 nitrogen and oxygen atoms in total. The number of alkyl halides is 1. The fraction of sp³-hybridized carbons (Fsp3) is 1.00. The van der Waals surface area contributed by atoms with Crippen molar-refractivity contribution in [1.82, 2.24) is 0 Å². The van der Waals surface area contributed by atoms with Crippen LogP contribution in [0.4, 0.5) is 0 Å². The summed E-state index contributed by atoms with van der Waals surface area (Å²) in [5.74, 6) is 1.88. The monoisotopic (exact) mass is 202 g/mol. The van der Waals surface area contributed by atoms with Crippen LogP contribution in [-0.2, 0) is 9.47 Å². The lowest BCUT2D eigenvalue weighted by atomic mass is 9.94. The molecule has 3 aliphatic rings. The number of hydrogen-bond donors (Lipinski definition) is 0. The van der Waals surface area contributed by atoms with E-state index in [4.69, 9.17) is 21.1 Å². The third-order valence-electron chi connectivity index (χ3n) is 3.79. The summed E-state index contributed by atoms with van der Waals surface area (Å²) in [4.78, 5) is 0. The smallest absolute Gasteiger partial charge is 0.171 e. The van der Waals surface area contributed by atoms with Crippen LogP contribution in [0.1, 0.15) is 25.7 Å². The average Bonchev–Trinajstić information content (AvgIpc) is 2.80. The topological polar surface area (TPSA) is 18.5 Å². The standard InChI is InChI=1S/C10H15ClO2/c11-5-9-6-12-10(13-9)4-7-1-2-8(10)3-7/h7-9H,1-6H2. The van der Waals surface area contributed by atoms with Crippen molar-refractivity contribution in [3.05, 3.63) is 0 Å². The molecule has 3 heteroatoms. The normalized spacial score (nSPS) is 53.8. The van der Waals surface area contributed by atoms with Crippen LogP contribution in [0, 0.1) is 11.8 Å². The molecule has 74 valence electrons. The van der Waals surface area contributed by atoms with Gasteiger partial charge in [0.1, 0.15) is 0 Å². The average molecular weight is 203 g/mol. The Kier molecular flexibility index (Phi) is 1.87. The van der Waals surface area contributed by atoms with Gasteiger partial charge in [0, 0.05) is 12.3 Å². The first-order valence-corrected chi connectivity index (χ1v) is 5.73. The minimum absolute atomic E-state index is 0.140. The van der Waals surface area contributed by atoms with Crippen molar-refractivity contribution >= 4 is 11.6 Å². The summed E-state index contributed by atoms with van der Waals surface area (Å²) in [7, 11) is 0. The van der Waals surface area contributed by atoms with E-state index in [1.54, 1.807) is 0 Å². The van der Waals surface area contributed by atoms with Crippen LogP contribution in [0.5, 0.6) is 0 Å². The summed E-state index contributed by atoms with van der Waals surface area (Å²) in [5.41, 5.74) is 0. The Bertz CT molecular complexity index is 221. The van der Waals surface area contributed by atoms with E-state index in [-0.39, 0.29) is 11.9 Å². The summed E-state index contributed by atoms with van der Waals surface area (Å²) in [6, 6.07) is 0. The van der Waals surface area contributed by atoms with Crippen LogP contribution < -0.4 is 0 Å². The second kappa shape index (κ2) is 2.85. The van der Waals surface area contributed by atoms with Gasteiger partial charge in [-0.15, -0.1) is 11.6 Å². The van der Waals surface area contributed by atoms with Gasteiger partial charge in [0.25, 0.3) is 0 Å². The molecule has 4 unspecified atom stereocenters. The fourth-order valence-electron chi connectivity index (χ4n) is 3.21. The van der Waals surface area contributed by atoms with E-state index in [1.807, 2.05) is 0 Å². The quantitative estimate of drug-likeness (QED) is 0.607. The molecule has 1 heterocycles. The summed E-state index contributed by atoms with van der Waals surface area (Å²) >= 11 is 5.77. The Labute approximate surface area is 83.5 Å². The Morgan fingerprint density at radius 2 is 2.31 bits per heavy atom. The van der Waals surface area contributed by atoms with Gasteiger partial charge in [-0.25, -0.2) is 0 Å². The van der Waals surface area contributed by atoms with Crippen molar-refractivity contribution in [2.75, 3.05) is 12.5 Å². The predicted molar refractivity (Wildman–Crippen MR) is 49.7 cm³/mol. The molecular weight excluding hydrogens is 188 g/mol. The third kappa shape index (κ3) is 1.15. The zero-order valence-corrected chi connectivity index (χ0v) is 8.43. The lowest BCUT2D eigenvalue weighted by Gasteiger charge is -2.32. The predicted octanol–water partition coefficient (Wildman–Crippen LogP) is 2.16. The minimum atomic E-state index is -0.206. The highest BCUT2D eigenvalue weighted by Crippen LogP contribution is 2.55. The zero-order valence-electron chi connectivity index (χ0n) is 7.67. The van der Waals surface area contributed by atoms with Crippen molar-refractivity contribution in [3.63, 3.8) is 0 Å². The lowest BCUT2D eigenvalue weighted by Crippen LogP contribution is -2.37. The highest BCUT2D eigenvalue weighted by molar-refractivity contribution is 6.18. The summed E-state index contributed by atoms with van der Waals surface area (Å²) < 4.78 is 11.8. The van der Waals surface area contributed by atoms with E-state index < -0.39 is 0 Å². The molecule has 3 rings (SSSR count). The molecule has 0 aromatic heterocycles. The molecule has 1 saturated heterocycles. The Morgan fingerprint density at radius 3 is 2.85 bits per heavy atom. The molecule has 3 fully saturated rings. The van der Waals surface area contributed by atoms with Crippen LogP contribution >= 0.6 is 11.6 Å². The highest BCUT2D eigenvalue weighted by Gasteiger charge is 2.56. The van der Waals surface area contributed by atoms with Gasteiger partial charge in [0.2, 0.25) is 0 Å². The van der Waals surface area contributed by atoms with Gasteiger partial charge in [-0.3, -0.25) is 0 Å². The molecule has 1 spiro atoms. The molecule has 1 aliphatic heterocycles. The molecule has 2 aliphatic carbocycles. The first-order chi connectivity index (χ1) is 6.32. The van der Waals surface area contributed by atoms with Crippen LogP contribution in [0.3, 0.4) is 0 Å². The Morgan fingerprint density at radius 1 is 1.38 bits per heavy atom. The van der Waals surface area contributed by atoms with E-state index in [2.05, 4.69) is 0 Å². The van der Waals surface area contributed by atoms with E-state index in [1.165, 1.54) is 19.3 Å². The summed E-state index contributed by atoms with van der Waals surface area (Å²) in [6.45, 7) is 0.701. The van der Waals surface area contributed by atoms with E-state index in [9.17, 15) is 0 Å². The molecule has 0 amide bonds. The van der Waals surface area contributed by atoms with Gasteiger partial charge < -0.3 is 9.47 Å². The second-order valence-electron chi connectivity index (χ2n) is 4.60. The summed E-state index contributed by atoms with van der Waals surface area (Å²) in [6.07, 6.45) is 5.24. The van der Waals surface area contributed by atoms with Crippen LogP contribution in [0.15, 0.2) is 0 Å². The van der Waals surface area contributed by atoms with E-state index in [0.29, 0.717) is 18.4 Å². The van der Waals surface area contributed by atoms with Crippen molar-refractivity contribution in [1.29, 1.82) is 0 Å². The summed E-state index contributed by atoms with van der Waals surface area (Å²) in [5, 5.41) is 0. The molecular formula is C10H15ClO2. The van der Waals surface area contributed by atoms with Crippen molar-refractivity contribution in [3.8, 4) is 0 Å². The van der Waals surface area contributed by atoms with Crippen LogP contribution in [0.2, 0.25) is 0 Å². The largest absolute Gasteiger partial charge is 0.347 e. The minimum Gasteiger partial charge on any atom is -0.347 e. The molecule has 2 saturated carbocycles. The van der Waals surface area contributed by atoms with Crippen molar-refractivity contribution in [2.45, 2.75) is 37.6 Å². The van der Waals surface area contributed by atoms with E-state index >= 15 is 0 Å². The lowest BCUT2D eigenvalue weighted by molar-refractivity contribution is -0.198. The third-order valence-corrected chi connectivity index (χ3v) is 4.13. The van der Waals surface area contributed by atoms with E-state index in [0.717, 1.165) is 12.3 Å². The maximum atomic E-state index is 5.94. The maximum Gasteiger partial charge on any atom is 0.171 e. The van der Waals surface area contributed by atoms with Crippen molar-refractivity contribution < 1.29 is 9.47 Å². The van der Waals surface area contributed by atoms with Gasteiger partial charge in [0.15, 0.2) is 5.79 Å². The highest BCUT2D eigenvalue weighted by atomic mass is 35.5. The fourth-order valence-corrected chi connectivity index (χ4v) is 3.36. The van der Waals surface area contributed by atoms with Crippen LogP contribution in [0.25, 0.3) is 0 Å². The molecule has 0 radical (unpaired) electrons. The van der Waals surface area contributed by atoms with Gasteiger partial charge >= 0.3 is 0 Å². The molecule has 0 aromatic rings. The number of hydrogen-bond acceptors (Lipinski definition) is 2. The number of rotatable bonds is 1. The van der Waals surface area contributed by atoms with Gasteiger partial charge in [-0.1, -0.05) is 0 Å². The Balaban J connectivity index is 1.77. The number of halogens is 1. The van der Waals surface area contributed by atoms with Crippen molar-refractivity contribution in [2.24, 2.45) is 11.8 Å². The molecule has 4 atom stereocenters. The molecule has 0 N–H and O–H groups in total. The van der Waals surface area contributed by atoms with Gasteiger partial charge in [-0.05, 0) is 25.2 Å². The first-order valence-electron chi connectivity index (χ1n) is 5.20. The SMILES string of the molecule is ClCC1COC2(CC3CCC2C3)O1. The first kappa shape index (κ1) is 8.51.